The van der Waals surface area contributed by atoms with E-state index in [1.807, 2.05) is 6.92 Å². The first-order valence-corrected chi connectivity index (χ1v) is 5.28. The fourth-order valence-corrected chi connectivity index (χ4v) is 0.897. The summed E-state index contributed by atoms with van der Waals surface area (Å²) in [6, 6.07) is 0. The monoisotopic (exact) mass is 204 g/mol. The minimum Gasteiger partial charge on any atom is -0.812 e. The van der Waals surface area contributed by atoms with Gasteiger partial charge < -0.3 is 26.6 Å². The van der Waals surface area contributed by atoms with Gasteiger partial charge >= 0.3 is 0 Å². The van der Waals surface area contributed by atoms with Crippen molar-refractivity contribution in [1.82, 2.24) is 12.3 Å². The average Bonchev–Trinajstić information content (AvgIpc) is 1.63. The first kappa shape index (κ1) is 17.5. The SMILES string of the molecule is CCCCOP([O-])([O-])=S.[NH4+].[NH4+]. The van der Waals surface area contributed by atoms with Gasteiger partial charge in [0.05, 0.1) is 0 Å². The summed E-state index contributed by atoms with van der Waals surface area (Å²) in [5, 5.41) is 0. The van der Waals surface area contributed by atoms with Crippen molar-refractivity contribution in [1.29, 1.82) is 0 Å². The van der Waals surface area contributed by atoms with Gasteiger partial charge in [0.15, 0.2) is 0 Å². The summed E-state index contributed by atoms with van der Waals surface area (Å²) in [4.78, 5) is 20.3. The van der Waals surface area contributed by atoms with Gasteiger partial charge in [-0.3, -0.25) is 0 Å². The van der Waals surface area contributed by atoms with Crippen molar-refractivity contribution < 1.29 is 14.3 Å². The average molecular weight is 204 g/mol. The highest BCUT2D eigenvalue weighted by molar-refractivity contribution is 8.05. The molecule has 0 aliphatic rings. The summed E-state index contributed by atoms with van der Waals surface area (Å²) >= 11 is 3.98. The van der Waals surface area contributed by atoms with E-state index in [1.165, 1.54) is 0 Å². The fraction of sp³-hybridized carbons (Fsp3) is 1.00. The number of quaternary nitrogens is 2. The summed E-state index contributed by atoms with van der Waals surface area (Å²) in [6.07, 6.45) is 1.65. The number of rotatable bonds is 4. The van der Waals surface area contributed by atoms with Gasteiger partial charge in [-0.15, -0.1) is 11.8 Å². The van der Waals surface area contributed by atoms with Gasteiger partial charge in [-0.05, 0) is 6.42 Å². The molecule has 0 spiro atoms. The lowest BCUT2D eigenvalue weighted by atomic mass is 10.4. The van der Waals surface area contributed by atoms with E-state index in [4.69, 9.17) is 0 Å². The Hall–Kier alpha value is 0.450. The highest BCUT2D eigenvalue weighted by atomic mass is 32.5. The molecule has 0 unspecified atom stereocenters. The molecule has 0 radical (unpaired) electrons. The largest absolute Gasteiger partial charge is 0.812 e. The van der Waals surface area contributed by atoms with Crippen LogP contribution in [0.4, 0.5) is 0 Å². The van der Waals surface area contributed by atoms with Crippen molar-refractivity contribution in [3.8, 4) is 0 Å². The van der Waals surface area contributed by atoms with Crippen LogP contribution in [0.25, 0.3) is 0 Å². The Bertz CT molecular complexity index is 118. The van der Waals surface area contributed by atoms with Crippen LogP contribution in [0.5, 0.6) is 0 Å². The van der Waals surface area contributed by atoms with E-state index in [0.29, 0.717) is 0 Å². The zero-order valence-electron chi connectivity index (χ0n) is 7.20. The van der Waals surface area contributed by atoms with Crippen LogP contribution in [-0.2, 0) is 16.3 Å². The molecule has 8 N–H and O–H groups in total. The Morgan fingerprint density at radius 1 is 1.36 bits per heavy atom. The first-order chi connectivity index (χ1) is 4.06. The Labute approximate surface area is 72.2 Å². The minimum atomic E-state index is -3.86. The van der Waals surface area contributed by atoms with Gasteiger partial charge in [-0.1, -0.05) is 20.1 Å². The summed E-state index contributed by atoms with van der Waals surface area (Å²) in [6.45, 7) is -1.69. The second kappa shape index (κ2) is 8.55. The zero-order valence-corrected chi connectivity index (χ0v) is 8.91. The molecule has 0 bridgehead atoms. The quantitative estimate of drug-likeness (QED) is 0.510. The molecule has 5 nitrogen and oxygen atoms in total. The van der Waals surface area contributed by atoms with Crippen LogP contribution in [0.15, 0.2) is 0 Å². The van der Waals surface area contributed by atoms with Crippen molar-refractivity contribution >= 4 is 18.5 Å². The van der Waals surface area contributed by atoms with E-state index < -0.39 is 6.72 Å². The van der Waals surface area contributed by atoms with Crippen LogP contribution in [0.1, 0.15) is 19.8 Å². The third-order valence-electron chi connectivity index (χ3n) is 0.747. The Morgan fingerprint density at radius 2 is 1.82 bits per heavy atom. The maximum atomic E-state index is 10.1. The highest BCUT2D eigenvalue weighted by Crippen LogP contribution is 2.24. The Balaban J connectivity index is -0.000000320. The van der Waals surface area contributed by atoms with E-state index in [1.54, 1.807) is 0 Å². The second-order valence-electron chi connectivity index (χ2n) is 1.63. The molecule has 0 heterocycles. The molecule has 72 valence electrons. The molecule has 0 saturated heterocycles. The number of hydrogen-bond acceptors (Lipinski definition) is 4. The molecular formula is C4H17N2O3PS. The van der Waals surface area contributed by atoms with Crippen LogP contribution in [-0.4, -0.2) is 6.61 Å². The van der Waals surface area contributed by atoms with Crippen molar-refractivity contribution in [3.05, 3.63) is 0 Å². The molecule has 0 aliphatic heterocycles. The van der Waals surface area contributed by atoms with Crippen molar-refractivity contribution in [2.75, 3.05) is 6.61 Å². The van der Waals surface area contributed by atoms with Crippen LogP contribution in [0.2, 0.25) is 0 Å². The smallest absolute Gasteiger partial charge is 0.0486 e. The van der Waals surface area contributed by atoms with E-state index in [0.717, 1.165) is 12.8 Å². The Kier molecular flexibility index (Phi) is 13.6. The number of hydrogen-bond donors (Lipinski definition) is 2. The molecule has 0 aliphatic carbocycles. The molecular weight excluding hydrogens is 187 g/mol. The topological polar surface area (TPSA) is 128 Å². The molecule has 0 aromatic heterocycles. The maximum Gasteiger partial charge on any atom is 0.0486 e. The normalized spacial score (nSPS) is 9.73. The van der Waals surface area contributed by atoms with Gasteiger partial charge in [0.25, 0.3) is 0 Å². The lowest BCUT2D eigenvalue weighted by Crippen LogP contribution is -2.16. The van der Waals surface area contributed by atoms with E-state index in [2.05, 4.69) is 16.3 Å². The molecule has 0 aromatic rings. The number of unbranched alkanes of at least 4 members (excludes halogenated alkanes) is 1. The summed E-state index contributed by atoms with van der Waals surface area (Å²) in [7, 11) is 0. The first-order valence-electron chi connectivity index (χ1n) is 2.73. The third kappa shape index (κ3) is 17.9. The molecule has 0 aromatic carbocycles. The highest BCUT2D eigenvalue weighted by Gasteiger charge is 1.84. The summed E-state index contributed by atoms with van der Waals surface area (Å²) in [5.41, 5.74) is 0. The van der Waals surface area contributed by atoms with Gasteiger partial charge in [0.1, 0.15) is 0 Å². The van der Waals surface area contributed by atoms with Crippen LogP contribution in [0, 0.1) is 0 Å². The van der Waals surface area contributed by atoms with Gasteiger partial charge in [-0.2, -0.15) is 0 Å². The molecule has 0 fully saturated rings. The summed E-state index contributed by atoms with van der Waals surface area (Å²) < 4.78 is 4.28. The predicted molar refractivity (Wildman–Crippen MR) is 47.1 cm³/mol. The summed E-state index contributed by atoms with van der Waals surface area (Å²) in [5.74, 6) is 0. The lowest BCUT2D eigenvalue weighted by molar-refractivity contribution is -0.321. The molecule has 0 rings (SSSR count). The van der Waals surface area contributed by atoms with Crippen molar-refractivity contribution in [2.45, 2.75) is 19.8 Å². The van der Waals surface area contributed by atoms with E-state index in [-0.39, 0.29) is 18.9 Å². The minimum absolute atomic E-state index is 0. The van der Waals surface area contributed by atoms with Gasteiger partial charge in [-0.25, -0.2) is 0 Å². The van der Waals surface area contributed by atoms with E-state index in [9.17, 15) is 9.79 Å². The molecule has 0 atom stereocenters. The fourth-order valence-electron chi connectivity index (χ4n) is 0.321. The van der Waals surface area contributed by atoms with Crippen LogP contribution < -0.4 is 22.1 Å². The molecule has 7 heteroatoms. The van der Waals surface area contributed by atoms with E-state index >= 15 is 0 Å². The molecule has 0 amide bonds. The Morgan fingerprint density at radius 3 is 2.09 bits per heavy atom. The lowest BCUT2D eigenvalue weighted by Gasteiger charge is -2.33. The second-order valence-corrected chi connectivity index (χ2v) is 4.13. The predicted octanol–water partition coefficient (Wildman–Crippen LogP) is 0.501. The van der Waals surface area contributed by atoms with Gasteiger partial charge in [0.2, 0.25) is 0 Å². The zero-order chi connectivity index (χ0) is 7.33. The van der Waals surface area contributed by atoms with Crippen LogP contribution >= 0.6 is 6.72 Å². The van der Waals surface area contributed by atoms with Crippen molar-refractivity contribution in [2.24, 2.45) is 0 Å². The third-order valence-corrected chi connectivity index (χ3v) is 1.56. The maximum absolute atomic E-state index is 10.1. The molecule has 11 heavy (non-hydrogen) atoms. The standard InChI is InChI=1S/C4H11O3PS.2H3N/c1-2-3-4-7-8(5,6)9;;/h2-4H2,1H3,(H2,5,6,9);2*1H3. The van der Waals surface area contributed by atoms with Crippen LogP contribution in [0.3, 0.4) is 0 Å². The van der Waals surface area contributed by atoms with Crippen molar-refractivity contribution in [3.63, 3.8) is 0 Å². The molecule has 0 saturated carbocycles. The van der Waals surface area contributed by atoms with Gasteiger partial charge in [0, 0.05) is 6.61 Å².